The van der Waals surface area contributed by atoms with E-state index in [2.05, 4.69) is 15.6 Å². The molecule has 0 aromatic carbocycles. The van der Waals surface area contributed by atoms with E-state index < -0.39 is 0 Å². The average molecular weight is 338 g/mol. The molecule has 7 heteroatoms. The van der Waals surface area contributed by atoms with Gasteiger partial charge in [0.1, 0.15) is 5.01 Å². The molecule has 0 bridgehead atoms. The molecule has 1 fully saturated rings. The van der Waals surface area contributed by atoms with Crippen LogP contribution in [-0.2, 0) is 11.3 Å². The summed E-state index contributed by atoms with van der Waals surface area (Å²) in [4.78, 5) is 29.7. The lowest BCUT2D eigenvalue weighted by molar-refractivity contribution is -0.121. The number of aryl methyl sites for hydroxylation is 1. The number of hydrogen-bond acceptors (Lipinski definition) is 4. The summed E-state index contributed by atoms with van der Waals surface area (Å²) < 4.78 is 0. The van der Waals surface area contributed by atoms with Crippen LogP contribution in [0, 0.1) is 12.8 Å². The van der Waals surface area contributed by atoms with Crippen molar-refractivity contribution >= 4 is 23.3 Å². The number of hydrogen-bond donors (Lipinski definition) is 2. The van der Waals surface area contributed by atoms with Crippen LogP contribution in [0.2, 0.25) is 0 Å². The van der Waals surface area contributed by atoms with Crippen LogP contribution in [0.1, 0.15) is 42.8 Å². The van der Waals surface area contributed by atoms with Crippen LogP contribution < -0.4 is 10.6 Å². The van der Waals surface area contributed by atoms with Gasteiger partial charge in [0.25, 0.3) is 0 Å². The van der Waals surface area contributed by atoms with Crippen molar-refractivity contribution in [3.8, 4) is 0 Å². The highest BCUT2D eigenvalue weighted by molar-refractivity contribution is 7.09. The summed E-state index contributed by atoms with van der Waals surface area (Å²) in [6, 6.07) is -0.150. The maximum Gasteiger partial charge on any atom is 0.317 e. The lowest BCUT2D eigenvalue weighted by Gasteiger charge is -2.17. The monoisotopic (exact) mass is 338 g/mol. The summed E-state index contributed by atoms with van der Waals surface area (Å²) in [5, 5.41) is 8.58. The summed E-state index contributed by atoms with van der Waals surface area (Å²) in [6.07, 6.45) is 5.46. The molecule has 0 aliphatic heterocycles. The molecule has 0 unspecified atom stereocenters. The van der Waals surface area contributed by atoms with Gasteiger partial charge in [-0.3, -0.25) is 4.79 Å². The van der Waals surface area contributed by atoms with Gasteiger partial charge in [-0.25, -0.2) is 9.78 Å². The molecule has 1 heterocycles. The number of carbonyl (C=O) groups excluding carboxylic acids is 2. The predicted octanol–water partition coefficient (Wildman–Crippen LogP) is 2.29. The lowest BCUT2D eigenvalue weighted by atomic mass is 10.0. The summed E-state index contributed by atoms with van der Waals surface area (Å²) in [7, 11) is 1.74. The van der Waals surface area contributed by atoms with E-state index in [4.69, 9.17) is 0 Å². The van der Waals surface area contributed by atoms with Crippen LogP contribution >= 0.6 is 11.3 Å². The number of rotatable bonds is 7. The maximum atomic E-state index is 12.0. The van der Waals surface area contributed by atoms with Gasteiger partial charge in [-0.1, -0.05) is 12.8 Å². The molecular weight excluding hydrogens is 312 g/mol. The Kier molecular flexibility index (Phi) is 6.83. The lowest BCUT2D eigenvalue weighted by Crippen LogP contribution is -2.41. The second-order valence-electron chi connectivity index (χ2n) is 6.18. The summed E-state index contributed by atoms with van der Waals surface area (Å²) in [5.74, 6) is 0.648. The highest BCUT2D eigenvalue weighted by atomic mass is 32.1. The smallest absolute Gasteiger partial charge is 0.317 e. The fraction of sp³-hybridized carbons (Fsp3) is 0.688. The molecule has 0 radical (unpaired) electrons. The van der Waals surface area contributed by atoms with Crippen LogP contribution in [0.25, 0.3) is 0 Å². The fourth-order valence-electron chi connectivity index (χ4n) is 2.81. The highest BCUT2D eigenvalue weighted by Crippen LogP contribution is 2.27. The van der Waals surface area contributed by atoms with Gasteiger partial charge in [0.15, 0.2) is 0 Å². The van der Waals surface area contributed by atoms with Crippen molar-refractivity contribution in [3.63, 3.8) is 0 Å². The van der Waals surface area contributed by atoms with E-state index in [1.807, 2.05) is 12.3 Å². The minimum atomic E-state index is -0.150. The van der Waals surface area contributed by atoms with Crippen LogP contribution in [0.15, 0.2) is 5.38 Å². The topological polar surface area (TPSA) is 74.3 Å². The summed E-state index contributed by atoms with van der Waals surface area (Å²) in [6.45, 7) is 3.35. The minimum Gasteiger partial charge on any atom is -0.354 e. The molecule has 1 aliphatic carbocycles. The standard InChI is InChI=1S/C16H26N4O2S/c1-12-11-23-15(19-12)10-20(2)16(22)18-8-7-17-14(21)9-13-5-3-4-6-13/h11,13H,3-10H2,1-2H3,(H,17,21)(H,18,22). The Morgan fingerprint density at radius 3 is 2.65 bits per heavy atom. The zero-order valence-corrected chi connectivity index (χ0v) is 14.7. The third-order valence-electron chi connectivity index (χ3n) is 4.06. The van der Waals surface area contributed by atoms with Gasteiger partial charge in [0.05, 0.1) is 6.54 Å². The number of nitrogens with one attached hydrogen (secondary N) is 2. The Morgan fingerprint density at radius 2 is 2.00 bits per heavy atom. The number of amides is 3. The van der Waals surface area contributed by atoms with Gasteiger partial charge >= 0.3 is 6.03 Å². The Morgan fingerprint density at radius 1 is 1.30 bits per heavy atom. The van der Waals surface area contributed by atoms with Gasteiger partial charge in [-0.05, 0) is 25.7 Å². The van der Waals surface area contributed by atoms with E-state index in [0.29, 0.717) is 32.0 Å². The zero-order valence-electron chi connectivity index (χ0n) is 13.9. The van der Waals surface area contributed by atoms with Crippen LogP contribution in [-0.4, -0.2) is 42.0 Å². The fourth-order valence-corrected chi connectivity index (χ4v) is 3.63. The van der Waals surface area contributed by atoms with Gasteiger partial charge < -0.3 is 15.5 Å². The van der Waals surface area contributed by atoms with E-state index in [0.717, 1.165) is 10.7 Å². The number of aromatic nitrogens is 1. The number of urea groups is 1. The molecule has 6 nitrogen and oxygen atoms in total. The molecule has 1 aromatic rings. The zero-order chi connectivity index (χ0) is 16.7. The van der Waals surface area contributed by atoms with E-state index in [9.17, 15) is 9.59 Å². The van der Waals surface area contributed by atoms with Gasteiger partial charge in [0, 0.05) is 37.6 Å². The molecule has 1 aliphatic rings. The van der Waals surface area contributed by atoms with Crippen molar-refractivity contribution in [2.24, 2.45) is 5.92 Å². The molecule has 0 spiro atoms. The first-order valence-electron chi connectivity index (χ1n) is 8.21. The molecule has 2 N–H and O–H groups in total. The van der Waals surface area contributed by atoms with Crippen LogP contribution in [0.5, 0.6) is 0 Å². The van der Waals surface area contributed by atoms with Crippen molar-refractivity contribution in [2.75, 3.05) is 20.1 Å². The first-order valence-corrected chi connectivity index (χ1v) is 9.09. The molecule has 0 atom stereocenters. The Hall–Kier alpha value is -1.63. The number of nitrogens with zero attached hydrogens (tertiary/aromatic N) is 2. The Labute approximate surface area is 141 Å². The van der Waals surface area contributed by atoms with Crippen molar-refractivity contribution < 1.29 is 9.59 Å². The van der Waals surface area contributed by atoms with Crippen molar-refractivity contribution in [3.05, 3.63) is 16.1 Å². The molecule has 2 rings (SSSR count). The third kappa shape index (κ3) is 6.17. The molecule has 1 aromatic heterocycles. The second-order valence-corrected chi connectivity index (χ2v) is 7.12. The van der Waals surface area contributed by atoms with Crippen molar-refractivity contribution in [1.29, 1.82) is 0 Å². The first-order chi connectivity index (χ1) is 11.0. The van der Waals surface area contributed by atoms with E-state index >= 15 is 0 Å². The van der Waals surface area contributed by atoms with Gasteiger partial charge in [-0.15, -0.1) is 11.3 Å². The summed E-state index contributed by atoms with van der Waals surface area (Å²) >= 11 is 1.55. The normalized spacial score (nSPS) is 14.7. The van der Waals surface area contributed by atoms with Gasteiger partial charge in [0.2, 0.25) is 5.91 Å². The SMILES string of the molecule is Cc1csc(CN(C)C(=O)NCCNC(=O)CC2CCCC2)n1. The largest absolute Gasteiger partial charge is 0.354 e. The first kappa shape index (κ1) is 17.7. The number of thiazole rings is 1. The van der Waals surface area contributed by atoms with Crippen LogP contribution in [0.4, 0.5) is 4.79 Å². The maximum absolute atomic E-state index is 12.0. The van der Waals surface area contributed by atoms with E-state index in [1.165, 1.54) is 25.7 Å². The molecule has 1 saturated carbocycles. The Bertz CT molecular complexity index is 526. The van der Waals surface area contributed by atoms with Crippen LogP contribution in [0.3, 0.4) is 0 Å². The molecule has 128 valence electrons. The molecule has 3 amide bonds. The van der Waals surface area contributed by atoms with Crippen molar-refractivity contribution in [1.82, 2.24) is 20.5 Å². The Balaban J connectivity index is 1.57. The average Bonchev–Trinajstić information content (AvgIpc) is 3.15. The minimum absolute atomic E-state index is 0.0952. The third-order valence-corrected chi connectivity index (χ3v) is 5.01. The van der Waals surface area contributed by atoms with E-state index in [-0.39, 0.29) is 11.9 Å². The van der Waals surface area contributed by atoms with Gasteiger partial charge in [-0.2, -0.15) is 0 Å². The summed E-state index contributed by atoms with van der Waals surface area (Å²) in [5.41, 5.74) is 0.976. The predicted molar refractivity (Wildman–Crippen MR) is 91.3 cm³/mol. The van der Waals surface area contributed by atoms with E-state index in [1.54, 1.807) is 23.3 Å². The second kappa shape index (κ2) is 8.86. The molecule has 23 heavy (non-hydrogen) atoms. The highest BCUT2D eigenvalue weighted by Gasteiger charge is 2.18. The molecule has 0 saturated heterocycles. The van der Waals surface area contributed by atoms with Crippen molar-refractivity contribution in [2.45, 2.75) is 45.6 Å². The quantitative estimate of drug-likeness (QED) is 0.749. The molecular formula is C16H26N4O2S. The number of carbonyl (C=O) groups is 2.